The Balaban J connectivity index is 3.82. The number of ether oxygens (including phenoxy) is 1. The van der Waals surface area contributed by atoms with Crippen molar-refractivity contribution in [3.05, 3.63) is 0 Å². The van der Waals surface area contributed by atoms with Crippen LogP contribution in [0.2, 0.25) is 0 Å². The Morgan fingerprint density at radius 3 is 2.45 bits per heavy atom. The van der Waals surface area contributed by atoms with Crippen LogP contribution in [-0.4, -0.2) is 29.4 Å². The minimum absolute atomic E-state index is 0.0334. The molecule has 0 aromatic heterocycles. The Bertz CT molecular complexity index is 163. The lowest BCUT2D eigenvalue weighted by Crippen LogP contribution is -2.19. The summed E-state index contributed by atoms with van der Waals surface area (Å²) >= 11 is 0. The monoisotopic (exact) mass is 159 g/mol. The lowest BCUT2D eigenvalue weighted by atomic mass is 10.3. The molecule has 0 bridgehead atoms. The topological polar surface area (TPSA) is 58.9 Å². The summed E-state index contributed by atoms with van der Waals surface area (Å²) in [6.45, 7) is 5.09. The van der Waals surface area contributed by atoms with Gasteiger partial charge in [-0.25, -0.2) is 0 Å². The van der Waals surface area contributed by atoms with E-state index < -0.39 is 0 Å². The standard InChI is InChI=1S/C7H13NO3/c1-5(2)11-4-7(8-10)6(3)9/h5,10H,4H2,1-3H3/b8-7-. The van der Waals surface area contributed by atoms with E-state index >= 15 is 0 Å². The normalized spacial score (nSPS) is 12.2. The number of hydrogen-bond donors (Lipinski definition) is 1. The van der Waals surface area contributed by atoms with Crippen molar-refractivity contribution < 1.29 is 14.7 Å². The van der Waals surface area contributed by atoms with Crippen molar-refractivity contribution in [3.63, 3.8) is 0 Å². The Kier molecular flexibility index (Phi) is 4.45. The number of carbonyl (C=O) groups is 1. The minimum atomic E-state index is -0.270. The van der Waals surface area contributed by atoms with E-state index in [1.54, 1.807) is 0 Å². The van der Waals surface area contributed by atoms with Crippen molar-refractivity contribution in [1.29, 1.82) is 0 Å². The van der Waals surface area contributed by atoms with Crippen LogP contribution in [-0.2, 0) is 9.53 Å². The van der Waals surface area contributed by atoms with E-state index in [1.165, 1.54) is 6.92 Å². The fourth-order valence-corrected chi connectivity index (χ4v) is 0.447. The van der Waals surface area contributed by atoms with Gasteiger partial charge in [-0.15, -0.1) is 0 Å². The highest BCUT2D eigenvalue weighted by atomic mass is 16.5. The fraction of sp³-hybridized carbons (Fsp3) is 0.714. The summed E-state index contributed by atoms with van der Waals surface area (Å²) in [5.74, 6) is -0.270. The molecule has 0 aromatic carbocycles. The van der Waals surface area contributed by atoms with Crippen LogP contribution in [0, 0.1) is 0 Å². The van der Waals surface area contributed by atoms with Gasteiger partial charge in [0.15, 0.2) is 5.78 Å². The van der Waals surface area contributed by atoms with Crippen LogP contribution < -0.4 is 0 Å². The van der Waals surface area contributed by atoms with Gasteiger partial charge in [0.25, 0.3) is 0 Å². The summed E-state index contributed by atoms with van der Waals surface area (Å²) in [6, 6.07) is 0. The summed E-state index contributed by atoms with van der Waals surface area (Å²) in [5, 5.41) is 11.1. The van der Waals surface area contributed by atoms with Gasteiger partial charge in [-0.2, -0.15) is 0 Å². The first-order chi connectivity index (χ1) is 5.07. The number of nitrogens with zero attached hydrogens (tertiary/aromatic N) is 1. The van der Waals surface area contributed by atoms with Crippen molar-refractivity contribution in [2.45, 2.75) is 26.9 Å². The van der Waals surface area contributed by atoms with Crippen molar-refractivity contribution in [1.82, 2.24) is 0 Å². The van der Waals surface area contributed by atoms with E-state index in [4.69, 9.17) is 9.94 Å². The number of carbonyl (C=O) groups excluding carboxylic acids is 1. The molecule has 4 heteroatoms. The highest BCUT2D eigenvalue weighted by Crippen LogP contribution is 1.89. The Morgan fingerprint density at radius 1 is 1.64 bits per heavy atom. The van der Waals surface area contributed by atoms with Crippen LogP contribution in [0.25, 0.3) is 0 Å². The molecular weight excluding hydrogens is 146 g/mol. The number of hydrogen-bond acceptors (Lipinski definition) is 4. The van der Waals surface area contributed by atoms with E-state index in [0.29, 0.717) is 0 Å². The largest absolute Gasteiger partial charge is 0.410 e. The SMILES string of the molecule is CC(=O)/C(COC(C)C)=N\O. The third kappa shape index (κ3) is 4.50. The quantitative estimate of drug-likeness (QED) is 0.375. The third-order valence-corrected chi connectivity index (χ3v) is 1.08. The molecule has 0 radical (unpaired) electrons. The second kappa shape index (κ2) is 4.85. The van der Waals surface area contributed by atoms with Crippen LogP contribution in [0.4, 0.5) is 0 Å². The van der Waals surface area contributed by atoms with Gasteiger partial charge in [-0.1, -0.05) is 5.16 Å². The molecule has 0 aromatic rings. The Hall–Kier alpha value is -0.900. The molecular formula is C7H13NO3. The van der Waals surface area contributed by atoms with Gasteiger partial charge in [0.05, 0.1) is 12.7 Å². The van der Waals surface area contributed by atoms with Crippen LogP contribution in [0.3, 0.4) is 0 Å². The number of ketones is 1. The molecule has 0 saturated heterocycles. The molecule has 0 heterocycles. The highest BCUT2D eigenvalue weighted by molar-refractivity contribution is 6.39. The van der Waals surface area contributed by atoms with E-state index in [9.17, 15) is 4.79 Å². The average molecular weight is 159 g/mol. The molecule has 64 valence electrons. The molecule has 0 saturated carbocycles. The van der Waals surface area contributed by atoms with Gasteiger partial charge in [0.1, 0.15) is 5.71 Å². The molecule has 11 heavy (non-hydrogen) atoms. The number of Topliss-reactive ketones (excluding diaryl/α,β-unsaturated/α-hetero) is 1. The maximum Gasteiger partial charge on any atom is 0.179 e. The molecule has 0 rings (SSSR count). The van der Waals surface area contributed by atoms with Gasteiger partial charge in [-0.05, 0) is 13.8 Å². The first kappa shape index (κ1) is 10.1. The second-order valence-electron chi connectivity index (χ2n) is 2.46. The van der Waals surface area contributed by atoms with E-state index in [0.717, 1.165) is 0 Å². The van der Waals surface area contributed by atoms with Crippen LogP contribution in [0.15, 0.2) is 5.16 Å². The van der Waals surface area contributed by atoms with Gasteiger partial charge < -0.3 is 9.94 Å². The van der Waals surface area contributed by atoms with E-state index in [2.05, 4.69) is 5.16 Å². The van der Waals surface area contributed by atoms with Gasteiger partial charge in [0.2, 0.25) is 0 Å². The number of oxime groups is 1. The minimum Gasteiger partial charge on any atom is -0.410 e. The highest BCUT2D eigenvalue weighted by Gasteiger charge is 2.06. The maximum atomic E-state index is 10.6. The average Bonchev–Trinajstić information content (AvgIpc) is 1.87. The van der Waals surface area contributed by atoms with Gasteiger partial charge in [-0.3, -0.25) is 4.79 Å². The molecule has 0 amide bonds. The molecule has 0 aliphatic rings. The van der Waals surface area contributed by atoms with E-state index in [-0.39, 0.29) is 24.2 Å². The molecule has 0 unspecified atom stereocenters. The predicted molar refractivity (Wildman–Crippen MR) is 41.0 cm³/mol. The van der Waals surface area contributed by atoms with Crippen molar-refractivity contribution in [2.24, 2.45) is 5.16 Å². The van der Waals surface area contributed by atoms with Crippen LogP contribution >= 0.6 is 0 Å². The number of rotatable bonds is 4. The summed E-state index contributed by atoms with van der Waals surface area (Å²) in [7, 11) is 0. The third-order valence-electron chi connectivity index (χ3n) is 1.08. The van der Waals surface area contributed by atoms with E-state index in [1.807, 2.05) is 13.8 Å². The Labute approximate surface area is 65.8 Å². The van der Waals surface area contributed by atoms with Crippen molar-refractivity contribution in [3.8, 4) is 0 Å². The van der Waals surface area contributed by atoms with Crippen molar-refractivity contribution in [2.75, 3.05) is 6.61 Å². The lowest BCUT2D eigenvalue weighted by Gasteiger charge is -2.05. The van der Waals surface area contributed by atoms with Gasteiger partial charge in [0, 0.05) is 6.92 Å². The molecule has 0 spiro atoms. The summed E-state index contributed by atoms with van der Waals surface area (Å²) in [4.78, 5) is 10.6. The van der Waals surface area contributed by atoms with Crippen molar-refractivity contribution >= 4 is 11.5 Å². The molecule has 0 aliphatic heterocycles. The molecule has 4 nitrogen and oxygen atoms in total. The molecule has 0 aliphatic carbocycles. The second-order valence-corrected chi connectivity index (χ2v) is 2.46. The van der Waals surface area contributed by atoms with Crippen LogP contribution in [0.1, 0.15) is 20.8 Å². The first-order valence-corrected chi connectivity index (χ1v) is 3.41. The smallest absolute Gasteiger partial charge is 0.179 e. The summed E-state index contributed by atoms with van der Waals surface area (Å²) < 4.78 is 5.04. The zero-order chi connectivity index (χ0) is 8.85. The predicted octanol–water partition coefficient (Wildman–Crippen LogP) is 0.831. The lowest BCUT2D eigenvalue weighted by molar-refractivity contribution is -0.111. The Morgan fingerprint density at radius 2 is 2.18 bits per heavy atom. The molecule has 1 N–H and O–H groups in total. The zero-order valence-electron chi connectivity index (χ0n) is 7.00. The zero-order valence-corrected chi connectivity index (χ0v) is 7.00. The first-order valence-electron chi connectivity index (χ1n) is 3.41. The maximum absolute atomic E-state index is 10.6. The van der Waals surface area contributed by atoms with Crippen LogP contribution in [0.5, 0.6) is 0 Å². The summed E-state index contributed by atoms with van der Waals surface area (Å²) in [5.41, 5.74) is 0.0544. The molecule has 0 fully saturated rings. The molecule has 0 atom stereocenters. The summed E-state index contributed by atoms with van der Waals surface area (Å²) in [6.07, 6.45) is 0.0334. The fourth-order valence-electron chi connectivity index (χ4n) is 0.447. The van der Waals surface area contributed by atoms with Gasteiger partial charge >= 0.3 is 0 Å².